The van der Waals surface area contributed by atoms with E-state index in [1.165, 1.54) is 5.56 Å². The van der Waals surface area contributed by atoms with Crippen molar-refractivity contribution < 1.29 is 9.59 Å². The molecule has 1 aromatic carbocycles. The Morgan fingerprint density at radius 3 is 2.57 bits per heavy atom. The van der Waals surface area contributed by atoms with Crippen molar-refractivity contribution in [2.75, 3.05) is 24.5 Å². The molecule has 0 aliphatic carbocycles. The second-order valence-corrected chi connectivity index (χ2v) is 5.63. The largest absolute Gasteiger partial charge is 0.343 e. The fourth-order valence-electron chi connectivity index (χ4n) is 2.93. The van der Waals surface area contributed by atoms with Crippen LogP contribution < -0.4 is 4.90 Å². The van der Waals surface area contributed by atoms with Gasteiger partial charge in [-0.15, -0.1) is 0 Å². The molecule has 0 bridgehead atoms. The molecule has 2 rings (SSSR count). The van der Waals surface area contributed by atoms with Crippen LogP contribution in [-0.2, 0) is 9.59 Å². The van der Waals surface area contributed by atoms with Crippen LogP contribution in [0.25, 0.3) is 0 Å². The van der Waals surface area contributed by atoms with Crippen molar-refractivity contribution >= 4 is 17.5 Å². The molecule has 0 aromatic heterocycles. The van der Waals surface area contributed by atoms with Crippen LogP contribution in [0.3, 0.4) is 0 Å². The summed E-state index contributed by atoms with van der Waals surface area (Å²) >= 11 is 0. The van der Waals surface area contributed by atoms with Gasteiger partial charge in [-0.05, 0) is 44.9 Å². The summed E-state index contributed by atoms with van der Waals surface area (Å²) in [5.74, 6) is -0.0623. The summed E-state index contributed by atoms with van der Waals surface area (Å²) in [6.07, 6.45) is 0.322. The lowest BCUT2D eigenvalue weighted by Gasteiger charge is -2.23. The molecule has 0 spiro atoms. The second kappa shape index (κ2) is 6.29. The number of hydrogen-bond donors (Lipinski definition) is 0. The summed E-state index contributed by atoms with van der Waals surface area (Å²) in [5, 5.41) is 0. The molecule has 1 aliphatic heterocycles. The maximum atomic E-state index is 12.4. The van der Waals surface area contributed by atoms with Gasteiger partial charge in [-0.2, -0.15) is 0 Å². The van der Waals surface area contributed by atoms with Gasteiger partial charge in [0.25, 0.3) is 0 Å². The van der Waals surface area contributed by atoms with E-state index in [4.69, 9.17) is 0 Å². The van der Waals surface area contributed by atoms with E-state index in [0.717, 1.165) is 11.3 Å². The van der Waals surface area contributed by atoms with Crippen LogP contribution in [0.1, 0.15) is 31.4 Å². The minimum absolute atomic E-state index is 0.0502. The molecule has 1 fully saturated rings. The van der Waals surface area contributed by atoms with Crippen molar-refractivity contribution in [3.63, 3.8) is 0 Å². The first kappa shape index (κ1) is 15.5. The minimum atomic E-state index is -0.211. The highest BCUT2D eigenvalue weighted by molar-refractivity contribution is 6.00. The van der Waals surface area contributed by atoms with Gasteiger partial charge in [0.05, 0.1) is 5.92 Å². The Morgan fingerprint density at radius 1 is 1.29 bits per heavy atom. The normalized spacial score (nSPS) is 18.2. The monoisotopic (exact) mass is 288 g/mol. The van der Waals surface area contributed by atoms with E-state index in [9.17, 15) is 9.59 Å². The van der Waals surface area contributed by atoms with Crippen LogP contribution in [0.5, 0.6) is 0 Å². The Kier molecular flexibility index (Phi) is 4.66. The molecule has 1 saturated heterocycles. The van der Waals surface area contributed by atoms with Crippen LogP contribution in [0.4, 0.5) is 5.69 Å². The quantitative estimate of drug-likeness (QED) is 0.854. The number of anilines is 1. The van der Waals surface area contributed by atoms with E-state index in [1.807, 2.05) is 50.8 Å². The van der Waals surface area contributed by atoms with Gasteiger partial charge in [0.2, 0.25) is 11.8 Å². The van der Waals surface area contributed by atoms with Gasteiger partial charge in [0.1, 0.15) is 0 Å². The number of amides is 2. The van der Waals surface area contributed by atoms with E-state index in [0.29, 0.717) is 26.1 Å². The zero-order valence-electron chi connectivity index (χ0n) is 13.3. The number of benzene rings is 1. The summed E-state index contributed by atoms with van der Waals surface area (Å²) in [6, 6.07) is 5.97. The topological polar surface area (TPSA) is 40.6 Å². The molecule has 1 aromatic rings. The van der Waals surface area contributed by atoms with Crippen LogP contribution in [0.15, 0.2) is 18.2 Å². The van der Waals surface area contributed by atoms with Gasteiger partial charge in [0, 0.05) is 31.7 Å². The highest BCUT2D eigenvalue weighted by Crippen LogP contribution is 2.30. The van der Waals surface area contributed by atoms with E-state index >= 15 is 0 Å². The SMILES string of the molecule is CCN(CC)C(=O)C1CC(=O)N(c2cccc(C)c2C)C1. The fourth-order valence-corrected chi connectivity index (χ4v) is 2.93. The summed E-state index contributed by atoms with van der Waals surface area (Å²) in [6.45, 7) is 9.90. The van der Waals surface area contributed by atoms with Gasteiger partial charge in [-0.1, -0.05) is 12.1 Å². The first-order valence-electron chi connectivity index (χ1n) is 7.64. The Bertz CT molecular complexity index is 550. The van der Waals surface area contributed by atoms with E-state index in [1.54, 1.807) is 4.90 Å². The number of aryl methyl sites for hydroxylation is 1. The first-order chi connectivity index (χ1) is 9.99. The average molecular weight is 288 g/mol. The molecule has 0 saturated carbocycles. The Balaban J connectivity index is 2.20. The summed E-state index contributed by atoms with van der Waals surface area (Å²) in [5.41, 5.74) is 3.22. The lowest BCUT2D eigenvalue weighted by molar-refractivity contribution is -0.135. The third-order valence-electron chi connectivity index (χ3n) is 4.42. The molecule has 2 amide bonds. The fraction of sp³-hybridized carbons (Fsp3) is 0.529. The van der Waals surface area contributed by atoms with Crippen molar-refractivity contribution in [3.05, 3.63) is 29.3 Å². The third kappa shape index (κ3) is 2.94. The maximum Gasteiger partial charge on any atom is 0.227 e. The number of hydrogen-bond acceptors (Lipinski definition) is 2. The predicted molar refractivity (Wildman–Crippen MR) is 84.3 cm³/mol. The Hall–Kier alpha value is -1.84. The molecule has 1 unspecified atom stereocenters. The Morgan fingerprint density at radius 2 is 1.95 bits per heavy atom. The zero-order valence-corrected chi connectivity index (χ0v) is 13.3. The van der Waals surface area contributed by atoms with Crippen molar-refractivity contribution in [2.24, 2.45) is 5.92 Å². The zero-order chi connectivity index (χ0) is 15.6. The number of nitrogens with zero attached hydrogens (tertiary/aromatic N) is 2. The first-order valence-corrected chi connectivity index (χ1v) is 7.64. The molecule has 21 heavy (non-hydrogen) atoms. The molecule has 0 N–H and O–H groups in total. The molecular weight excluding hydrogens is 264 g/mol. The minimum Gasteiger partial charge on any atom is -0.343 e. The predicted octanol–water partition coefficient (Wildman–Crippen LogP) is 2.52. The summed E-state index contributed by atoms with van der Waals surface area (Å²) in [4.78, 5) is 28.3. The van der Waals surface area contributed by atoms with Crippen LogP contribution in [0, 0.1) is 19.8 Å². The Labute approximate surface area is 126 Å². The molecule has 4 heteroatoms. The lowest BCUT2D eigenvalue weighted by Crippen LogP contribution is -2.37. The molecule has 1 aliphatic rings. The maximum absolute atomic E-state index is 12.4. The molecule has 4 nitrogen and oxygen atoms in total. The van der Waals surface area contributed by atoms with Crippen LogP contribution in [-0.4, -0.2) is 36.3 Å². The van der Waals surface area contributed by atoms with E-state index in [-0.39, 0.29) is 17.7 Å². The van der Waals surface area contributed by atoms with Crippen molar-refractivity contribution in [3.8, 4) is 0 Å². The molecule has 114 valence electrons. The average Bonchev–Trinajstić information content (AvgIpc) is 2.85. The molecule has 0 radical (unpaired) electrons. The van der Waals surface area contributed by atoms with Gasteiger partial charge < -0.3 is 9.80 Å². The van der Waals surface area contributed by atoms with Gasteiger partial charge in [-0.25, -0.2) is 0 Å². The van der Waals surface area contributed by atoms with Gasteiger partial charge in [0.15, 0.2) is 0 Å². The van der Waals surface area contributed by atoms with Crippen molar-refractivity contribution in [1.29, 1.82) is 0 Å². The smallest absolute Gasteiger partial charge is 0.227 e. The number of carbonyl (C=O) groups is 2. The molecule has 1 atom stereocenters. The summed E-state index contributed by atoms with van der Waals surface area (Å²) in [7, 11) is 0. The van der Waals surface area contributed by atoms with Crippen molar-refractivity contribution in [2.45, 2.75) is 34.1 Å². The highest BCUT2D eigenvalue weighted by atomic mass is 16.2. The van der Waals surface area contributed by atoms with E-state index < -0.39 is 0 Å². The second-order valence-electron chi connectivity index (χ2n) is 5.63. The van der Waals surface area contributed by atoms with Gasteiger partial charge >= 0.3 is 0 Å². The third-order valence-corrected chi connectivity index (χ3v) is 4.42. The standard InChI is InChI=1S/C17H24N2O2/c1-5-18(6-2)17(21)14-10-16(20)19(11-14)15-9-7-8-12(3)13(15)4/h7-9,14H,5-6,10-11H2,1-4H3. The van der Waals surface area contributed by atoms with Crippen molar-refractivity contribution in [1.82, 2.24) is 4.90 Å². The van der Waals surface area contributed by atoms with Crippen LogP contribution >= 0.6 is 0 Å². The lowest BCUT2D eigenvalue weighted by atomic mass is 10.1. The van der Waals surface area contributed by atoms with Crippen LogP contribution in [0.2, 0.25) is 0 Å². The molecular formula is C17H24N2O2. The van der Waals surface area contributed by atoms with E-state index in [2.05, 4.69) is 0 Å². The summed E-state index contributed by atoms with van der Waals surface area (Å²) < 4.78 is 0. The number of carbonyl (C=O) groups excluding carboxylic acids is 2. The highest BCUT2D eigenvalue weighted by Gasteiger charge is 2.37. The van der Waals surface area contributed by atoms with Gasteiger partial charge in [-0.3, -0.25) is 9.59 Å². The number of rotatable bonds is 4. The molecule has 1 heterocycles.